The Morgan fingerprint density at radius 3 is 2.15 bits per heavy atom. The Morgan fingerprint density at radius 1 is 1.04 bits per heavy atom. The molecular formula is C22H27NO4. The van der Waals surface area contributed by atoms with Gasteiger partial charge in [0.2, 0.25) is 0 Å². The molecule has 1 aliphatic heterocycles. The van der Waals surface area contributed by atoms with Crippen LogP contribution in [-0.2, 0) is 10.4 Å². The third-order valence-corrected chi connectivity index (χ3v) is 5.10. The fraction of sp³-hybridized carbons (Fsp3) is 0.409. The van der Waals surface area contributed by atoms with Crippen LogP contribution in [0, 0.1) is 0 Å². The molecule has 0 unspecified atom stereocenters. The van der Waals surface area contributed by atoms with Crippen molar-refractivity contribution in [3.05, 3.63) is 65.7 Å². The smallest absolute Gasteiger partial charge is 0.325 e. The fourth-order valence-corrected chi connectivity index (χ4v) is 3.70. The normalized spacial score (nSPS) is 18.2. The summed E-state index contributed by atoms with van der Waals surface area (Å²) >= 11 is 0. The molecule has 1 atom stereocenters. The second kappa shape index (κ2) is 8.11. The van der Waals surface area contributed by atoms with Crippen LogP contribution >= 0.6 is 0 Å². The summed E-state index contributed by atoms with van der Waals surface area (Å²) in [6.45, 7) is 4.95. The van der Waals surface area contributed by atoms with Crippen LogP contribution in [-0.4, -0.2) is 40.3 Å². The molecule has 0 spiro atoms. The number of benzene rings is 2. The lowest BCUT2D eigenvalue weighted by atomic mass is 9.83. The van der Waals surface area contributed by atoms with Crippen molar-refractivity contribution < 1.29 is 19.7 Å². The molecule has 5 nitrogen and oxygen atoms in total. The third-order valence-electron chi connectivity index (χ3n) is 5.10. The molecule has 2 aromatic rings. The molecule has 27 heavy (non-hydrogen) atoms. The van der Waals surface area contributed by atoms with Crippen LogP contribution in [0.4, 0.5) is 0 Å². The molecule has 2 aromatic carbocycles. The predicted molar refractivity (Wildman–Crippen MR) is 104 cm³/mol. The molecule has 1 saturated heterocycles. The van der Waals surface area contributed by atoms with Crippen molar-refractivity contribution in [2.24, 2.45) is 0 Å². The van der Waals surface area contributed by atoms with E-state index in [1.165, 1.54) is 0 Å². The predicted octanol–water partition coefficient (Wildman–Crippen LogP) is 3.58. The quantitative estimate of drug-likeness (QED) is 0.814. The van der Waals surface area contributed by atoms with Crippen LogP contribution in [0.5, 0.6) is 5.75 Å². The lowest BCUT2D eigenvalue weighted by molar-refractivity contribution is -0.146. The van der Waals surface area contributed by atoms with Crippen molar-refractivity contribution in [3.8, 4) is 5.75 Å². The first-order valence-electron chi connectivity index (χ1n) is 9.40. The molecule has 5 heteroatoms. The highest BCUT2D eigenvalue weighted by Crippen LogP contribution is 2.36. The number of piperidine rings is 1. The molecule has 1 fully saturated rings. The van der Waals surface area contributed by atoms with E-state index in [0.717, 1.165) is 16.9 Å². The largest absolute Gasteiger partial charge is 0.491 e. The van der Waals surface area contributed by atoms with Crippen LogP contribution in [0.3, 0.4) is 0 Å². The van der Waals surface area contributed by atoms with Gasteiger partial charge in [-0.15, -0.1) is 0 Å². The number of carboxylic acids is 1. The summed E-state index contributed by atoms with van der Waals surface area (Å²) in [6, 6.07) is 16.2. The van der Waals surface area contributed by atoms with Crippen molar-refractivity contribution in [2.75, 3.05) is 13.1 Å². The van der Waals surface area contributed by atoms with Crippen molar-refractivity contribution in [1.82, 2.24) is 4.90 Å². The van der Waals surface area contributed by atoms with E-state index in [1.807, 2.05) is 73.3 Å². The minimum Gasteiger partial charge on any atom is -0.491 e. The van der Waals surface area contributed by atoms with Gasteiger partial charge in [-0.05, 0) is 49.9 Å². The van der Waals surface area contributed by atoms with Gasteiger partial charge < -0.3 is 14.9 Å². The highest BCUT2D eigenvalue weighted by Gasteiger charge is 2.38. The molecule has 0 aliphatic carbocycles. The van der Waals surface area contributed by atoms with Crippen molar-refractivity contribution in [2.45, 2.75) is 44.4 Å². The van der Waals surface area contributed by atoms with E-state index in [2.05, 4.69) is 0 Å². The summed E-state index contributed by atoms with van der Waals surface area (Å²) in [5.74, 6) is -0.146. The van der Waals surface area contributed by atoms with E-state index in [-0.39, 0.29) is 6.10 Å². The second-order valence-electron chi connectivity index (χ2n) is 7.41. The summed E-state index contributed by atoms with van der Waals surface area (Å²) in [4.78, 5) is 13.9. The zero-order valence-corrected chi connectivity index (χ0v) is 15.8. The highest BCUT2D eigenvalue weighted by molar-refractivity contribution is 5.75. The van der Waals surface area contributed by atoms with Gasteiger partial charge >= 0.3 is 5.97 Å². The number of hydrogen-bond acceptors (Lipinski definition) is 4. The van der Waals surface area contributed by atoms with Gasteiger partial charge in [-0.25, -0.2) is 0 Å². The minimum atomic E-state index is -0.893. The highest BCUT2D eigenvalue weighted by atomic mass is 16.5. The first-order valence-corrected chi connectivity index (χ1v) is 9.40. The molecular weight excluding hydrogens is 342 g/mol. The average Bonchev–Trinajstić information content (AvgIpc) is 2.65. The second-order valence-corrected chi connectivity index (χ2v) is 7.41. The molecule has 0 amide bonds. The number of likely N-dealkylation sites (tertiary alicyclic amines) is 1. The van der Waals surface area contributed by atoms with E-state index in [0.29, 0.717) is 25.9 Å². The molecule has 3 rings (SSSR count). The van der Waals surface area contributed by atoms with Gasteiger partial charge in [0.15, 0.2) is 0 Å². The van der Waals surface area contributed by atoms with E-state index in [4.69, 9.17) is 4.74 Å². The Hall–Kier alpha value is -2.37. The zero-order chi connectivity index (χ0) is 19.4. The summed E-state index contributed by atoms with van der Waals surface area (Å²) in [7, 11) is 0. The summed E-state index contributed by atoms with van der Waals surface area (Å²) in [5.41, 5.74) is 0.728. The molecule has 0 radical (unpaired) electrons. The van der Waals surface area contributed by atoms with Crippen molar-refractivity contribution in [1.29, 1.82) is 0 Å². The van der Waals surface area contributed by atoms with E-state index in [1.54, 1.807) is 0 Å². The number of hydrogen-bond donors (Lipinski definition) is 2. The van der Waals surface area contributed by atoms with Gasteiger partial charge in [-0.1, -0.05) is 42.5 Å². The van der Waals surface area contributed by atoms with Crippen LogP contribution < -0.4 is 4.74 Å². The zero-order valence-electron chi connectivity index (χ0n) is 15.8. The Morgan fingerprint density at radius 2 is 1.63 bits per heavy atom. The molecule has 0 saturated carbocycles. The first kappa shape index (κ1) is 19.4. The van der Waals surface area contributed by atoms with Gasteiger partial charge in [-0.2, -0.15) is 0 Å². The SMILES string of the molecule is CC(C)Oc1ccc([C@H](C(=O)O)N2CCC(O)(c3ccccc3)CC2)cc1. The number of rotatable bonds is 6. The summed E-state index contributed by atoms with van der Waals surface area (Å²) in [6.07, 6.45) is 1.09. The van der Waals surface area contributed by atoms with Crippen LogP contribution in [0.2, 0.25) is 0 Å². The van der Waals surface area contributed by atoms with Gasteiger partial charge in [0, 0.05) is 13.1 Å². The maximum atomic E-state index is 12.0. The molecule has 1 heterocycles. The number of aliphatic hydroxyl groups is 1. The van der Waals surface area contributed by atoms with Crippen LogP contribution in [0.25, 0.3) is 0 Å². The van der Waals surface area contributed by atoms with Gasteiger partial charge in [0.25, 0.3) is 0 Å². The molecule has 0 aromatic heterocycles. The number of aliphatic carboxylic acids is 1. The molecule has 1 aliphatic rings. The Balaban J connectivity index is 1.73. The number of nitrogens with zero attached hydrogens (tertiary/aromatic N) is 1. The summed E-state index contributed by atoms with van der Waals surface area (Å²) in [5, 5.41) is 20.8. The lowest BCUT2D eigenvalue weighted by Gasteiger charge is -2.40. The lowest BCUT2D eigenvalue weighted by Crippen LogP contribution is -2.45. The molecule has 144 valence electrons. The van der Waals surface area contributed by atoms with E-state index < -0.39 is 17.6 Å². The number of carbonyl (C=O) groups is 1. The molecule has 2 N–H and O–H groups in total. The number of ether oxygens (including phenoxy) is 1. The Kier molecular flexibility index (Phi) is 5.82. The maximum absolute atomic E-state index is 12.0. The third kappa shape index (κ3) is 4.49. The standard InChI is InChI=1S/C22H27NO4/c1-16(2)27-19-10-8-17(9-11-19)20(21(24)25)23-14-12-22(26,13-15-23)18-6-4-3-5-7-18/h3-11,16,20,26H,12-15H2,1-2H3,(H,24,25)/t20-/m1/s1. The topological polar surface area (TPSA) is 70.0 Å². The maximum Gasteiger partial charge on any atom is 0.325 e. The van der Waals surface area contributed by atoms with Crippen LogP contribution in [0.1, 0.15) is 43.9 Å². The van der Waals surface area contributed by atoms with Crippen molar-refractivity contribution in [3.63, 3.8) is 0 Å². The Labute approximate surface area is 160 Å². The van der Waals surface area contributed by atoms with Gasteiger partial charge in [-0.3, -0.25) is 9.69 Å². The average molecular weight is 369 g/mol. The fourth-order valence-electron chi connectivity index (χ4n) is 3.70. The monoisotopic (exact) mass is 369 g/mol. The van der Waals surface area contributed by atoms with Gasteiger partial charge in [0.05, 0.1) is 11.7 Å². The number of carboxylic acid groups (broad SMARTS) is 1. The molecule has 0 bridgehead atoms. The van der Waals surface area contributed by atoms with Gasteiger partial charge in [0.1, 0.15) is 11.8 Å². The van der Waals surface area contributed by atoms with Crippen LogP contribution in [0.15, 0.2) is 54.6 Å². The summed E-state index contributed by atoms with van der Waals surface area (Å²) < 4.78 is 5.64. The minimum absolute atomic E-state index is 0.0730. The van der Waals surface area contributed by atoms with E-state index >= 15 is 0 Å². The first-order chi connectivity index (χ1) is 12.9. The Bertz CT molecular complexity index is 750. The van der Waals surface area contributed by atoms with Crippen molar-refractivity contribution >= 4 is 5.97 Å². The van der Waals surface area contributed by atoms with E-state index in [9.17, 15) is 15.0 Å².